The van der Waals surface area contributed by atoms with E-state index in [1.54, 1.807) is 12.5 Å². The van der Waals surface area contributed by atoms with Gasteiger partial charge in [-0.3, -0.25) is 0 Å². The number of hydrogen-bond acceptors (Lipinski definition) is 5. The Morgan fingerprint density at radius 1 is 1.50 bits per heavy atom. The molecule has 0 saturated heterocycles. The third kappa shape index (κ3) is 1.98. The average Bonchev–Trinajstić information content (AvgIpc) is 2.65. The molecule has 2 aromatic rings. The minimum atomic E-state index is 0.575. The molecule has 2 rings (SSSR count). The number of aromatic nitrogens is 2. The Morgan fingerprint density at radius 2 is 2.31 bits per heavy atom. The number of aryl methyl sites for hydroxylation is 1. The van der Waals surface area contributed by atoms with E-state index in [0.29, 0.717) is 12.2 Å². The van der Waals surface area contributed by atoms with E-state index < -0.39 is 0 Å². The van der Waals surface area contributed by atoms with Crippen LogP contribution in [-0.4, -0.2) is 17.0 Å². The Bertz CT molecular complexity index is 480. The van der Waals surface area contributed by atoms with E-state index in [1.165, 1.54) is 6.33 Å². The molecule has 0 aromatic carbocycles. The summed E-state index contributed by atoms with van der Waals surface area (Å²) in [6.45, 7) is 2.65. The standard InChI is InChI=1S/C11H14N4O/c1-8-9(3-4-16-8)6-15(2)11-10(12)5-13-7-14-11/h3-5,7H,6,12H2,1-2H3. The molecule has 84 valence electrons. The summed E-state index contributed by atoms with van der Waals surface area (Å²) in [4.78, 5) is 9.98. The molecule has 0 unspecified atom stereocenters. The second kappa shape index (κ2) is 4.22. The summed E-state index contributed by atoms with van der Waals surface area (Å²) in [6, 6.07) is 1.95. The van der Waals surface area contributed by atoms with E-state index in [4.69, 9.17) is 10.2 Å². The van der Waals surface area contributed by atoms with Gasteiger partial charge in [0.1, 0.15) is 12.1 Å². The third-order valence-corrected chi connectivity index (χ3v) is 2.45. The highest BCUT2D eigenvalue weighted by atomic mass is 16.3. The number of anilines is 2. The molecule has 0 saturated carbocycles. The highest BCUT2D eigenvalue weighted by Gasteiger charge is 2.09. The summed E-state index contributed by atoms with van der Waals surface area (Å²) in [6.07, 6.45) is 4.77. The van der Waals surface area contributed by atoms with Crippen LogP contribution >= 0.6 is 0 Å². The van der Waals surface area contributed by atoms with Gasteiger partial charge in [0, 0.05) is 19.2 Å². The summed E-state index contributed by atoms with van der Waals surface area (Å²) in [5.41, 5.74) is 7.50. The van der Waals surface area contributed by atoms with Crippen molar-refractivity contribution >= 4 is 11.5 Å². The van der Waals surface area contributed by atoms with Gasteiger partial charge in [-0.1, -0.05) is 0 Å². The van der Waals surface area contributed by atoms with Gasteiger partial charge in [0.25, 0.3) is 0 Å². The first-order chi connectivity index (χ1) is 7.68. The normalized spacial score (nSPS) is 10.4. The largest absolute Gasteiger partial charge is 0.469 e. The second-order valence-electron chi connectivity index (χ2n) is 3.66. The zero-order valence-corrected chi connectivity index (χ0v) is 9.34. The van der Waals surface area contributed by atoms with Gasteiger partial charge in [0.05, 0.1) is 18.1 Å². The first-order valence-electron chi connectivity index (χ1n) is 4.98. The molecular weight excluding hydrogens is 204 g/mol. The fourth-order valence-electron chi connectivity index (χ4n) is 1.56. The lowest BCUT2D eigenvalue weighted by Crippen LogP contribution is -2.19. The van der Waals surface area contributed by atoms with Crippen molar-refractivity contribution in [1.29, 1.82) is 0 Å². The quantitative estimate of drug-likeness (QED) is 0.847. The van der Waals surface area contributed by atoms with E-state index in [9.17, 15) is 0 Å². The zero-order chi connectivity index (χ0) is 11.5. The lowest BCUT2D eigenvalue weighted by atomic mass is 10.2. The molecule has 0 aliphatic rings. The van der Waals surface area contributed by atoms with Gasteiger partial charge in [-0.25, -0.2) is 9.97 Å². The van der Waals surface area contributed by atoms with Gasteiger partial charge in [0.2, 0.25) is 0 Å². The molecule has 0 spiro atoms. The summed E-state index contributed by atoms with van der Waals surface area (Å²) < 4.78 is 5.24. The second-order valence-corrected chi connectivity index (χ2v) is 3.66. The van der Waals surface area contributed by atoms with Crippen LogP contribution in [0.5, 0.6) is 0 Å². The number of hydrogen-bond donors (Lipinski definition) is 1. The van der Waals surface area contributed by atoms with Gasteiger partial charge in [0.15, 0.2) is 5.82 Å². The number of furan rings is 1. The summed E-state index contributed by atoms with van der Waals surface area (Å²) in [5, 5.41) is 0. The Kier molecular flexibility index (Phi) is 2.76. The minimum Gasteiger partial charge on any atom is -0.469 e. The maximum atomic E-state index is 5.80. The maximum Gasteiger partial charge on any atom is 0.155 e. The molecule has 0 radical (unpaired) electrons. The number of nitrogens with two attached hydrogens (primary N) is 1. The average molecular weight is 218 g/mol. The van der Waals surface area contributed by atoms with Crippen molar-refractivity contribution in [3.63, 3.8) is 0 Å². The first-order valence-corrected chi connectivity index (χ1v) is 4.98. The Hall–Kier alpha value is -2.04. The van der Waals surface area contributed by atoms with Crippen molar-refractivity contribution in [3.05, 3.63) is 36.2 Å². The van der Waals surface area contributed by atoms with Crippen LogP contribution in [0.3, 0.4) is 0 Å². The predicted octanol–water partition coefficient (Wildman–Crippen LogP) is 1.60. The lowest BCUT2D eigenvalue weighted by molar-refractivity contribution is 0.529. The number of rotatable bonds is 3. The van der Waals surface area contributed by atoms with Crippen molar-refractivity contribution in [2.24, 2.45) is 0 Å². The molecule has 2 aromatic heterocycles. The third-order valence-electron chi connectivity index (χ3n) is 2.45. The summed E-state index contributed by atoms with van der Waals surface area (Å²) in [7, 11) is 1.94. The Morgan fingerprint density at radius 3 is 2.94 bits per heavy atom. The molecule has 2 heterocycles. The zero-order valence-electron chi connectivity index (χ0n) is 9.34. The minimum absolute atomic E-state index is 0.575. The van der Waals surface area contributed by atoms with Crippen LogP contribution in [0.2, 0.25) is 0 Å². The van der Waals surface area contributed by atoms with Gasteiger partial charge >= 0.3 is 0 Å². The molecule has 0 fully saturated rings. The molecule has 5 heteroatoms. The van der Waals surface area contributed by atoms with Crippen LogP contribution in [0.15, 0.2) is 29.3 Å². The van der Waals surface area contributed by atoms with Crippen LogP contribution in [0.1, 0.15) is 11.3 Å². The van der Waals surface area contributed by atoms with E-state index in [0.717, 1.165) is 17.1 Å². The highest BCUT2D eigenvalue weighted by Crippen LogP contribution is 2.20. The van der Waals surface area contributed by atoms with Crippen molar-refractivity contribution in [2.45, 2.75) is 13.5 Å². The van der Waals surface area contributed by atoms with E-state index >= 15 is 0 Å². The lowest BCUT2D eigenvalue weighted by Gasteiger charge is -2.18. The molecule has 0 bridgehead atoms. The molecule has 16 heavy (non-hydrogen) atoms. The van der Waals surface area contributed by atoms with Crippen LogP contribution in [0.25, 0.3) is 0 Å². The van der Waals surface area contributed by atoms with E-state index in [1.807, 2.05) is 24.9 Å². The van der Waals surface area contributed by atoms with Gasteiger partial charge < -0.3 is 15.1 Å². The topological polar surface area (TPSA) is 68.2 Å². The van der Waals surface area contributed by atoms with E-state index in [2.05, 4.69) is 9.97 Å². The fraction of sp³-hybridized carbons (Fsp3) is 0.273. The van der Waals surface area contributed by atoms with Gasteiger partial charge in [-0.05, 0) is 13.0 Å². The molecule has 0 atom stereocenters. The van der Waals surface area contributed by atoms with E-state index in [-0.39, 0.29) is 0 Å². The Labute approximate surface area is 93.9 Å². The summed E-state index contributed by atoms with van der Waals surface area (Å²) in [5.74, 6) is 1.65. The number of nitrogens with zero attached hydrogens (tertiary/aromatic N) is 3. The van der Waals surface area contributed by atoms with Crippen LogP contribution in [0, 0.1) is 6.92 Å². The van der Waals surface area contributed by atoms with Crippen molar-refractivity contribution in [3.8, 4) is 0 Å². The smallest absolute Gasteiger partial charge is 0.155 e. The number of nitrogen functional groups attached to an aromatic ring is 1. The monoisotopic (exact) mass is 218 g/mol. The van der Waals surface area contributed by atoms with Crippen molar-refractivity contribution in [1.82, 2.24) is 9.97 Å². The van der Waals surface area contributed by atoms with Crippen molar-refractivity contribution in [2.75, 3.05) is 17.7 Å². The van der Waals surface area contributed by atoms with Crippen LogP contribution in [0.4, 0.5) is 11.5 Å². The maximum absolute atomic E-state index is 5.80. The van der Waals surface area contributed by atoms with Gasteiger partial charge in [-0.15, -0.1) is 0 Å². The van der Waals surface area contributed by atoms with Gasteiger partial charge in [-0.2, -0.15) is 0 Å². The van der Waals surface area contributed by atoms with Crippen LogP contribution < -0.4 is 10.6 Å². The SMILES string of the molecule is Cc1occc1CN(C)c1ncncc1N. The Balaban J connectivity index is 2.18. The van der Waals surface area contributed by atoms with Crippen LogP contribution in [-0.2, 0) is 6.54 Å². The molecule has 2 N–H and O–H groups in total. The van der Waals surface area contributed by atoms with Crippen molar-refractivity contribution < 1.29 is 4.42 Å². The fourth-order valence-corrected chi connectivity index (χ4v) is 1.56. The molecule has 0 aliphatic heterocycles. The molecule has 0 aliphatic carbocycles. The molecular formula is C11H14N4O. The molecule has 0 amide bonds. The summed E-state index contributed by atoms with van der Waals surface area (Å²) >= 11 is 0. The predicted molar refractivity (Wildman–Crippen MR) is 62.0 cm³/mol. The first kappa shape index (κ1) is 10.5. The molecule has 5 nitrogen and oxygen atoms in total. The highest BCUT2D eigenvalue weighted by molar-refractivity contribution is 5.60.